The van der Waals surface area contributed by atoms with Crippen molar-refractivity contribution in [2.24, 2.45) is 5.92 Å². The first kappa shape index (κ1) is 14.2. The fraction of sp³-hybridized carbons (Fsp3) is 0.625. The highest BCUT2D eigenvalue weighted by Gasteiger charge is 2.06. The molecule has 0 unspecified atom stereocenters. The van der Waals surface area contributed by atoms with Crippen molar-refractivity contribution in [1.82, 2.24) is 0 Å². The van der Waals surface area contributed by atoms with E-state index < -0.39 is 0 Å². The van der Waals surface area contributed by atoms with Crippen LogP contribution in [0.15, 0.2) is 24.3 Å². The maximum atomic E-state index is 12.7. The molecule has 0 saturated carbocycles. The topological polar surface area (TPSA) is 0 Å². The molecule has 0 aliphatic carbocycles. The Morgan fingerprint density at radius 2 is 1.53 bits per heavy atom. The lowest BCUT2D eigenvalue weighted by molar-refractivity contribution is 0.400. The van der Waals surface area contributed by atoms with E-state index in [1.54, 1.807) is 12.1 Å². The lowest BCUT2D eigenvalue weighted by Crippen LogP contribution is -2.00. The molecule has 0 aromatic heterocycles. The van der Waals surface area contributed by atoms with Gasteiger partial charge in [0.25, 0.3) is 0 Å². The maximum Gasteiger partial charge on any atom is 0.123 e. The van der Waals surface area contributed by atoms with Gasteiger partial charge in [0.1, 0.15) is 5.82 Å². The van der Waals surface area contributed by atoms with Crippen LogP contribution in [-0.2, 0) is 6.42 Å². The summed E-state index contributed by atoms with van der Waals surface area (Å²) in [7, 11) is 0. The zero-order valence-electron chi connectivity index (χ0n) is 11.2. The van der Waals surface area contributed by atoms with Gasteiger partial charge in [-0.05, 0) is 36.5 Å². The normalized spacial score (nSPS) is 11.1. The molecule has 1 aromatic rings. The van der Waals surface area contributed by atoms with Crippen molar-refractivity contribution >= 4 is 0 Å². The average Bonchev–Trinajstić information content (AvgIpc) is 2.32. The van der Waals surface area contributed by atoms with Gasteiger partial charge in [0.05, 0.1) is 0 Å². The third kappa shape index (κ3) is 5.86. The van der Waals surface area contributed by atoms with Gasteiger partial charge in [0.15, 0.2) is 0 Å². The molecule has 0 radical (unpaired) electrons. The second-order valence-corrected chi connectivity index (χ2v) is 4.96. The number of benzene rings is 1. The molecule has 0 heterocycles. The minimum atomic E-state index is -0.136. The zero-order valence-corrected chi connectivity index (χ0v) is 11.2. The summed E-state index contributed by atoms with van der Waals surface area (Å²) >= 11 is 0. The fourth-order valence-electron chi connectivity index (χ4n) is 2.50. The standard InChI is InChI=1S/C16H25F/c1-3-6-14(7-4-2)8-5-9-15-10-12-16(17)13-11-15/h10-14H,3-9H2,1-2H3. The zero-order chi connectivity index (χ0) is 12.5. The van der Waals surface area contributed by atoms with Gasteiger partial charge in [0.2, 0.25) is 0 Å². The molecule has 0 amide bonds. The predicted molar refractivity (Wildman–Crippen MR) is 72.6 cm³/mol. The van der Waals surface area contributed by atoms with Crippen LogP contribution in [0.2, 0.25) is 0 Å². The Labute approximate surface area is 105 Å². The van der Waals surface area contributed by atoms with Crippen molar-refractivity contribution in [2.75, 3.05) is 0 Å². The molecular weight excluding hydrogens is 211 g/mol. The molecule has 0 aliphatic heterocycles. The summed E-state index contributed by atoms with van der Waals surface area (Å²) in [4.78, 5) is 0. The van der Waals surface area contributed by atoms with E-state index in [9.17, 15) is 4.39 Å². The highest BCUT2D eigenvalue weighted by atomic mass is 19.1. The lowest BCUT2D eigenvalue weighted by atomic mass is 9.92. The number of hydrogen-bond donors (Lipinski definition) is 0. The molecule has 0 N–H and O–H groups in total. The minimum Gasteiger partial charge on any atom is -0.207 e. The fourth-order valence-corrected chi connectivity index (χ4v) is 2.50. The third-order valence-electron chi connectivity index (χ3n) is 3.38. The van der Waals surface area contributed by atoms with E-state index in [-0.39, 0.29) is 5.82 Å². The third-order valence-corrected chi connectivity index (χ3v) is 3.38. The molecule has 0 fully saturated rings. The van der Waals surface area contributed by atoms with Crippen LogP contribution in [0.4, 0.5) is 4.39 Å². The second-order valence-electron chi connectivity index (χ2n) is 4.96. The van der Waals surface area contributed by atoms with Gasteiger partial charge < -0.3 is 0 Å². The van der Waals surface area contributed by atoms with Crippen molar-refractivity contribution < 1.29 is 4.39 Å². The minimum absolute atomic E-state index is 0.136. The largest absolute Gasteiger partial charge is 0.207 e. The Kier molecular flexibility index (Phi) is 6.91. The van der Waals surface area contributed by atoms with Gasteiger partial charge in [-0.1, -0.05) is 58.1 Å². The van der Waals surface area contributed by atoms with Crippen molar-refractivity contribution in [1.29, 1.82) is 0 Å². The molecule has 17 heavy (non-hydrogen) atoms. The summed E-state index contributed by atoms with van der Waals surface area (Å²) in [5, 5.41) is 0. The van der Waals surface area contributed by atoms with Gasteiger partial charge in [-0.25, -0.2) is 4.39 Å². The summed E-state index contributed by atoms with van der Waals surface area (Å²) < 4.78 is 12.7. The van der Waals surface area contributed by atoms with Gasteiger partial charge in [-0.3, -0.25) is 0 Å². The summed E-state index contributed by atoms with van der Waals surface area (Å²) in [5.74, 6) is 0.758. The molecule has 0 aliphatic rings. The summed E-state index contributed by atoms with van der Waals surface area (Å²) in [6.45, 7) is 4.53. The van der Waals surface area contributed by atoms with Crippen LogP contribution in [0.3, 0.4) is 0 Å². The van der Waals surface area contributed by atoms with Crippen LogP contribution in [-0.4, -0.2) is 0 Å². The van der Waals surface area contributed by atoms with E-state index >= 15 is 0 Å². The second kappa shape index (κ2) is 8.27. The molecule has 0 nitrogen and oxygen atoms in total. The van der Waals surface area contributed by atoms with Crippen molar-refractivity contribution in [3.05, 3.63) is 35.6 Å². The number of aryl methyl sites for hydroxylation is 1. The van der Waals surface area contributed by atoms with Crippen molar-refractivity contribution in [3.63, 3.8) is 0 Å². The molecule has 0 saturated heterocycles. The number of hydrogen-bond acceptors (Lipinski definition) is 0. The quantitative estimate of drug-likeness (QED) is 0.569. The molecule has 0 atom stereocenters. The lowest BCUT2D eigenvalue weighted by Gasteiger charge is -2.14. The highest BCUT2D eigenvalue weighted by molar-refractivity contribution is 5.15. The van der Waals surface area contributed by atoms with Gasteiger partial charge in [0, 0.05) is 0 Å². The van der Waals surface area contributed by atoms with Crippen LogP contribution >= 0.6 is 0 Å². The first-order chi connectivity index (χ1) is 8.26. The Hall–Kier alpha value is -0.850. The van der Waals surface area contributed by atoms with E-state index in [4.69, 9.17) is 0 Å². The highest BCUT2D eigenvalue weighted by Crippen LogP contribution is 2.20. The van der Waals surface area contributed by atoms with E-state index in [2.05, 4.69) is 13.8 Å². The monoisotopic (exact) mass is 236 g/mol. The Balaban J connectivity index is 2.27. The molecule has 1 aromatic carbocycles. The maximum absolute atomic E-state index is 12.7. The van der Waals surface area contributed by atoms with Gasteiger partial charge in [-0.2, -0.15) is 0 Å². The molecule has 96 valence electrons. The van der Waals surface area contributed by atoms with Gasteiger partial charge in [-0.15, -0.1) is 0 Å². The molecular formula is C16H25F. The van der Waals surface area contributed by atoms with Crippen LogP contribution in [0, 0.1) is 11.7 Å². The van der Waals surface area contributed by atoms with E-state index in [1.807, 2.05) is 12.1 Å². The Morgan fingerprint density at radius 3 is 2.06 bits per heavy atom. The average molecular weight is 236 g/mol. The summed E-state index contributed by atoms with van der Waals surface area (Å²) in [6, 6.07) is 6.93. The first-order valence-electron chi connectivity index (χ1n) is 7.00. The number of rotatable bonds is 8. The SMILES string of the molecule is CCCC(CCC)CCCc1ccc(F)cc1. The molecule has 0 spiro atoms. The Morgan fingerprint density at radius 1 is 0.941 bits per heavy atom. The van der Waals surface area contributed by atoms with Crippen LogP contribution in [0.5, 0.6) is 0 Å². The molecule has 0 bridgehead atoms. The molecule has 1 heteroatoms. The van der Waals surface area contributed by atoms with Crippen LogP contribution in [0.1, 0.15) is 57.9 Å². The van der Waals surface area contributed by atoms with Gasteiger partial charge >= 0.3 is 0 Å². The Bertz CT molecular complexity index is 283. The van der Waals surface area contributed by atoms with E-state index in [0.717, 1.165) is 12.3 Å². The van der Waals surface area contributed by atoms with Crippen molar-refractivity contribution in [2.45, 2.75) is 58.8 Å². The van der Waals surface area contributed by atoms with Crippen LogP contribution < -0.4 is 0 Å². The molecule has 1 rings (SSSR count). The van der Waals surface area contributed by atoms with E-state index in [0.29, 0.717) is 0 Å². The summed E-state index contributed by atoms with van der Waals surface area (Å²) in [5.41, 5.74) is 1.26. The number of halogens is 1. The predicted octanol–water partition coefficient (Wildman–Crippen LogP) is 5.36. The smallest absolute Gasteiger partial charge is 0.123 e. The van der Waals surface area contributed by atoms with E-state index in [1.165, 1.54) is 44.1 Å². The first-order valence-corrected chi connectivity index (χ1v) is 7.00. The summed E-state index contributed by atoms with van der Waals surface area (Å²) in [6.07, 6.45) is 8.94. The van der Waals surface area contributed by atoms with Crippen LogP contribution in [0.25, 0.3) is 0 Å². The van der Waals surface area contributed by atoms with Crippen molar-refractivity contribution in [3.8, 4) is 0 Å².